The Morgan fingerprint density at radius 2 is 1.80 bits per heavy atom. The summed E-state index contributed by atoms with van der Waals surface area (Å²) < 4.78 is 11.3. The van der Waals surface area contributed by atoms with E-state index in [-0.39, 0.29) is 12.1 Å². The van der Waals surface area contributed by atoms with E-state index >= 15 is 0 Å². The van der Waals surface area contributed by atoms with Crippen molar-refractivity contribution in [1.82, 2.24) is 10.6 Å². The zero-order valence-electron chi connectivity index (χ0n) is 17.8. The lowest BCUT2D eigenvalue weighted by atomic mass is 9.94. The lowest BCUT2D eigenvalue weighted by Crippen LogP contribution is -2.46. The van der Waals surface area contributed by atoms with E-state index in [4.69, 9.17) is 9.47 Å². The number of hydrogen-bond acceptors (Lipinski definition) is 4. The second-order valence-electron chi connectivity index (χ2n) is 7.52. The van der Waals surface area contributed by atoms with Crippen molar-refractivity contribution in [3.8, 4) is 5.75 Å². The van der Waals surface area contributed by atoms with Gasteiger partial charge in [0.25, 0.3) is 0 Å². The maximum atomic E-state index is 12.7. The third kappa shape index (κ3) is 5.00. The highest BCUT2D eigenvalue weighted by Crippen LogP contribution is 2.30. The Hall–Kier alpha value is -3.28. The minimum Gasteiger partial charge on any atom is -0.489 e. The van der Waals surface area contributed by atoms with Gasteiger partial charge in [0.05, 0.1) is 17.7 Å². The summed E-state index contributed by atoms with van der Waals surface area (Å²) in [5.74, 6) is 0.285. The van der Waals surface area contributed by atoms with Gasteiger partial charge in [0.1, 0.15) is 12.4 Å². The van der Waals surface area contributed by atoms with Crippen LogP contribution in [-0.4, -0.2) is 18.1 Å². The Morgan fingerprint density at radius 3 is 2.43 bits per heavy atom. The summed E-state index contributed by atoms with van der Waals surface area (Å²) >= 11 is 0. The Bertz CT molecular complexity index is 948. The van der Waals surface area contributed by atoms with E-state index in [0.717, 1.165) is 11.1 Å². The van der Waals surface area contributed by atoms with Gasteiger partial charge in [-0.15, -0.1) is 0 Å². The molecule has 2 aromatic rings. The van der Waals surface area contributed by atoms with Gasteiger partial charge in [-0.05, 0) is 56.0 Å². The van der Waals surface area contributed by atoms with Crippen LogP contribution in [0.1, 0.15) is 49.9 Å². The maximum Gasteiger partial charge on any atom is 0.338 e. The zero-order valence-corrected chi connectivity index (χ0v) is 17.8. The second-order valence-corrected chi connectivity index (χ2v) is 7.52. The zero-order chi connectivity index (χ0) is 21.7. The molecule has 1 aliphatic rings. The van der Waals surface area contributed by atoms with Gasteiger partial charge >= 0.3 is 12.0 Å². The molecular formula is C24H28N2O4. The van der Waals surface area contributed by atoms with Crippen LogP contribution in [0.25, 0.3) is 0 Å². The highest BCUT2D eigenvalue weighted by Gasteiger charge is 2.33. The number of rotatable bonds is 7. The fourth-order valence-corrected chi connectivity index (χ4v) is 3.36. The Morgan fingerprint density at radius 1 is 1.10 bits per heavy atom. The second kappa shape index (κ2) is 9.48. The number of allylic oxidation sites excluding steroid dienone is 1. The molecule has 2 N–H and O–H groups in total. The number of amides is 2. The molecule has 0 saturated carbocycles. The summed E-state index contributed by atoms with van der Waals surface area (Å²) in [5, 5.41) is 5.57. The van der Waals surface area contributed by atoms with Crippen LogP contribution in [0, 0.1) is 6.92 Å². The first-order chi connectivity index (χ1) is 14.4. The normalized spacial score (nSPS) is 16.2. The largest absolute Gasteiger partial charge is 0.489 e. The highest BCUT2D eigenvalue weighted by molar-refractivity contribution is 5.95. The van der Waals surface area contributed by atoms with Crippen LogP contribution in [0.15, 0.2) is 59.8 Å². The highest BCUT2D eigenvalue weighted by atomic mass is 16.5. The minimum absolute atomic E-state index is 0.251. The first-order valence-corrected chi connectivity index (χ1v) is 10.2. The minimum atomic E-state index is -0.578. The standard InChI is InChI=1S/C24H28N2O4/c1-5-20-21(23(27)30-15(2)3)22(26-24(28)25-20)17-10-12-19(13-11-17)29-14-18-9-7-6-8-16(18)4/h6-13,15,22H,5,14H2,1-4H3,(H2,25,26,28). The summed E-state index contributed by atoms with van der Waals surface area (Å²) in [4.78, 5) is 24.9. The summed E-state index contributed by atoms with van der Waals surface area (Å²) in [7, 11) is 0. The fraction of sp³-hybridized carbons (Fsp3) is 0.333. The van der Waals surface area contributed by atoms with Gasteiger partial charge in [-0.2, -0.15) is 0 Å². The Labute approximate surface area is 177 Å². The monoisotopic (exact) mass is 408 g/mol. The molecule has 0 aliphatic carbocycles. The predicted molar refractivity (Wildman–Crippen MR) is 115 cm³/mol. The quantitative estimate of drug-likeness (QED) is 0.659. The Balaban J connectivity index is 1.81. The van der Waals surface area contributed by atoms with Gasteiger partial charge in [-0.1, -0.05) is 43.3 Å². The smallest absolute Gasteiger partial charge is 0.338 e. The van der Waals surface area contributed by atoms with Crippen molar-refractivity contribution in [3.63, 3.8) is 0 Å². The summed E-state index contributed by atoms with van der Waals surface area (Å²) in [6.07, 6.45) is 0.267. The van der Waals surface area contributed by atoms with Crippen LogP contribution in [-0.2, 0) is 16.1 Å². The number of ether oxygens (including phenoxy) is 2. The van der Waals surface area contributed by atoms with E-state index in [0.29, 0.717) is 30.0 Å². The van der Waals surface area contributed by atoms with Crippen LogP contribution in [0.4, 0.5) is 4.79 Å². The van der Waals surface area contributed by atoms with E-state index in [1.807, 2.05) is 49.4 Å². The molecule has 0 saturated heterocycles. The van der Waals surface area contributed by atoms with Crippen molar-refractivity contribution < 1.29 is 19.1 Å². The molecule has 3 rings (SSSR count). The number of urea groups is 1. The van der Waals surface area contributed by atoms with Gasteiger partial charge in [0, 0.05) is 5.70 Å². The van der Waals surface area contributed by atoms with Crippen molar-refractivity contribution in [2.45, 2.75) is 52.9 Å². The van der Waals surface area contributed by atoms with Crippen molar-refractivity contribution in [1.29, 1.82) is 0 Å². The number of carbonyl (C=O) groups excluding carboxylic acids is 2. The molecule has 2 aromatic carbocycles. The third-order valence-electron chi connectivity index (χ3n) is 4.94. The van der Waals surface area contributed by atoms with Gasteiger partial charge in [0.15, 0.2) is 0 Å². The average Bonchev–Trinajstić information content (AvgIpc) is 2.72. The number of aryl methyl sites for hydroxylation is 1. The molecule has 2 amide bonds. The van der Waals surface area contributed by atoms with Crippen LogP contribution < -0.4 is 15.4 Å². The fourth-order valence-electron chi connectivity index (χ4n) is 3.36. The SMILES string of the molecule is CCC1=C(C(=O)OC(C)C)C(c2ccc(OCc3ccccc3C)cc2)NC(=O)N1. The van der Waals surface area contributed by atoms with Crippen LogP contribution in [0.2, 0.25) is 0 Å². The average molecular weight is 408 g/mol. The summed E-state index contributed by atoms with van der Waals surface area (Å²) in [5.41, 5.74) is 4.10. The van der Waals surface area contributed by atoms with Crippen molar-refractivity contribution >= 4 is 12.0 Å². The van der Waals surface area contributed by atoms with Gasteiger partial charge in [-0.25, -0.2) is 9.59 Å². The molecule has 0 radical (unpaired) electrons. The number of benzene rings is 2. The van der Waals surface area contributed by atoms with Crippen LogP contribution in [0.5, 0.6) is 5.75 Å². The van der Waals surface area contributed by atoms with Gasteiger partial charge in [0.2, 0.25) is 0 Å². The van der Waals surface area contributed by atoms with Crippen LogP contribution in [0.3, 0.4) is 0 Å². The number of carbonyl (C=O) groups is 2. The molecule has 0 spiro atoms. The molecule has 0 aromatic heterocycles. The Kier molecular flexibility index (Phi) is 6.77. The molecular weight excluding hydrogens is 380 g/mol. The molecule has 1 heterocycles. The number of hydrogen-bond donors (Lipinski definition) is 2. The van der Waals surface area contributed by atoms with Crippen molar-refractivity contribution in [3.05, 3.63) is 76.5 Å². The van der Waals surface area contributed by atoms with Crippen molar-refractivity contribution in [2.75, 3.05) is 0 Å². The third-order valence-corrected chi connectivity index (χ3v) is 4.94. The van der Waals surface area contributed by atoms with E-state index in [2.05, 4.69) is 23.6 Å². The molecule has 158 valence electrons. The molecule has 1 aliphatic heterocycles. The number of nitrogens with one attached hydrogen (secondary N) is 2. The molecule has 6 heteroatoms. The van der Waals surface area contributed by atoms with E-state index in [1.165, 1.54) is 5.56 Å². The van der Waals surface area contributed by atoms with E-state index < -0.39 is 12.0 Å². The summed E-state index contributed by atoms with van der Waals surface area (Å²) in [6.45, 7) is 8.02. The number of esters is 1. The molecule has 1 atom stereocenters. The molecule has 1 unspecified atom stereocenters. The maximum absolute atomic E-state index is 12.7. The van der Waals surface area contributed by atoms with E-state index in [9.17, 15) is 9.59 Å². The van der Waals surface area contributed by atoms with E-state index in [1.54, 1.807) is 13.8 Å². The molecule has 30 heavy (non-hydrogen) atoms. The molecule has 6 nitrogen and oxygen atoms in total. The van der Waals surface area contributed by atoms with Crippen LogP contribution >= 0.6 is 0 Å². The first kappa shape index (κ1) is 21.4. The topological polar surface area (TPSA) is 76.7 Å². The lowest BCUT2D eigenvalue weighted by molar-refractivity contribution is -0.143. The predicted octanol–water partition coefficient (Wildman–Crippen LogP) is 4.54. The molecule has 0 fully saturated rings. The first-order valence-electron chi connectivity index (χ1n) is 10.2. The van der Waals surface area contributed by atoms with Gasteiger partial charge in [-0.3, -0.25) is 0 Å². The summed E-state index contributed by atoms with van der Waals surface area (Å²) in [6, 6.07) is 14.6. The molecule has 0 bridgehead atoms. The lowest BCUT2D eigenvalue weighted by Gasteiger charge is -2.29. The van der Waals surface area contributed by atoms with Gasteiger partial charge < -0.3 is 20.1 Å². The van der Waals surface area contributed by atoms with Crippen molar-refractivity contribution in [2.24, 2.45) is 0 Å².